The fourth-order valence-electron chi connectivity index (χ4n) is 1.95. The Morgan fingerprint density at radius 3 is 2.44 bits per heavy atom. The first-order valence-electron chi connectivity index (χ1n) is 6.62. The Bertz CT molecular complexity index is 913. The first kappa shape index (κ1) is 19.1. The number of methoxy groups -OCH3 is 1. The summed E-state index contributed by atoms with van der Waals surface area (Å²) in [4.78, 5) is 11.1. The van der Waals surface area contributed by atoms with Crippen molar-refractivity contribution in [3.05, 3.63) is 58.6 Å². The van der Waals surface area contributed by atoms with Gasteiger partial charge < -0.3 is 4.74 Å². The van der Waals surface area contributed by atoms with E-state index in [1.807, 2.05) is 4.72 Å². The van der Waals surface area contributed by atoms with Crippen LogP contribution in [0.3, 0.4) is 0 Å². The number of sulfonamides is 1. The van der Waals surface area contributed by atoms with Gasteiger partial charge in [0.25, 0.3) is 10.0 Å². The summed E-state index contributed by atoms with van der Waals surface area (Å²) in [5, 5.41) is -0.192. The SMILES string of the molecule is COC(=O)c1cccc(S(=O)(=O)Nc2ccc(Cl)cc2C(F)(F)F)c1. The van der Waals surface area contributed by atoms with Crippen LogP contribution < -0.4 is 4.72 Å². The molecule has 0 unspecified atom stereocenters. The van der Waals surface area contributed by atoms with Crippen LogP contribution in [0.4, 0.5) is 18.9 Å². The number of esters is 1. The van der Waals surface area contributed by atoms with Crippen molar-refractivity contribution in [2.24, 2.45) is 0 Å². The molecule has 25 heavy (non-hydrogen) atoms. The molecule has 0 aliphatic rings. The largest absolute Gasteiger partial charge is 0.465 e. The molecule has 0 aliphatic carbocycles. The third-order valence-electron chi connectivity index (χ3n) is 3.10. The fourth-order valence-corrected chi connectivity index (χ4v) is 3.25. The number of ether oxygens (including phenoxy) is 1. The van der Waals surface area contributed by atoms with Gasteiger partial charge in [0.15, 0.2) is 0 Å². The number of anilines is 1. The van der Waals surface area contributed by atoms with Gasteiger partial charge in [0.2, 0.25) is 0 Å². The molecule has 2 aromatic carbocycles. The molecule has 0 bridgehead atoms. The van der Waals surface area contributed by atoms with E-state index in [1.54, 1.807) is 0 Å². The van der Waals surface area contributed by atoms with Crippen LogP contribution in [0.1, 0.15) is 15.9 Å². The van der Waals surface area contributed by atoms with Crippen LogP contribution >= 0.6 is 11.6 Å². The predicted molar refractivity (Wildman–Crippen MR) is 85.0 cm³/mol. The van der Waals surface area contributed by atoms with Crippen molar-refractivity contribution < 1.29 is 31.1 Å². The first-order chi connectivity index (χ1) is 11.5. The lowest BCUT2D eigenvalue weighted by Gasteiger charge is -2.15. The zero-order valence-electron chi connectivity index (χ0n) is 12.6. The summed E-state index contributed by atoms with van der Waals surface area (Å²) in [6.07, 6.45) is -4.81. The Balaban J connectivity index is 2.45. The summed E-state index contributed by atoms with van der Waals surface area (Å²) >= 11 is 5.55. The molecule has 2 aromatic rings. The number of hydrogen-bond donors (Lipinski definition) is 1. The molecule has 2 rings (SSSR count). The molecule has 0 atom stereocenters. The van der Waals surface area contributed by atoms with Crippen LogP contribution in [0.2, 0.25) is 5.02 Å². The summed E-state index contributed by atoms with van der Waals surface area (Å²) in [5.74, 6) is -0.778. The minimum absolute atomic E-state index is 0.0578. The van der Waals surface area contributed by atoms with Crippen molar-refractivity contribution in [2.45, 2.75) is 11.1 Å². The van der Waals surface area contributed by atoms with E-state index < -0.39 is 38.3 Å². The molecule has 0 heterocycles. The lowest BCUT2D eigenvalue weighted by molar-refractivity contribution is -0.136. The Hall–Kier alpha value is -2.26. The summed E-state index contributed by atoms with van der Waals surface area (Å²) in [6.45, 7) is 0. The highest BCUT2D eigenvalue weighted by molar-refractivity contribution is 7.92. The summed E-state index contributed by atoms with van der Waals surface area (Å²) in [7, 11) is -3.26. The van der Waals surface area contributed by atoms with E-state index in [1.165, 1.54) is 12.1 Å². The molecule has 1 N–H and O–H groups in total. The fraction of sp³-hybridized carbons (Fsp3) is 0.133. The van der Waals surface area contributed by atoms with Gasteiger partial charge in [-0.15, -0.1) is 0 Å². The van der Waals surface area contributed by atoms with Gasteiger partial charge in [-0.3, -0.25) is 4.72 Å². The van der Waals surface area contributed by atoms with E-state index in [-0.39, 0.29) is 10.6 Å². The lowest BCUT2D eigenvalue weighted by atomic mass is 10.2. The van der Waals surface area contributed by atoms with Gasteiger partial charge in [0.1, 0.15) is 0 Å². The third kappa shape index (κ3) is 4.43. The summed E-state index contributed by atoms with van der Waals surface area (Å²) in [6, 6.07) is 7.37. The van der Waals surface area contributed by atoms with Gasteiger partial charge in [-0.25, -0.2) is 13.2 Å². The monoisotopic (exact) mass is 393 g/mol. The minimum atomic E-state index is -4.81. The zero-order valence-corrected chi connectivity index (χ0v) is 14.2. The van der Waals surface area contributed by atoms with Crippen LogP contribution in [-0.2, 0) is 20.9 Å². The molecule has 0 saturated carbocycles. The smallest absolute Gasteiger partial charge is 0.418 e. The van der Waals surface area contributed by atoms with E-state index in [0.717, 1.165) is 31.4 Å². The van der Waals surface area contributed by atoms with Crippen molar-refractivity contribution in [1.29, 1.82) is 0 Å². The number of alkyl halides is 3. The normalized spacial score (nSPS) is 11.9. The van der Waals surface area contributed by atoms with E-state index >= 15 is 0 Å². The van der Waals surface area contributed by atoms with Gasteiger partial charge in [0.05, 0.1) is 28.8 Å². The van der Waals surface area contributed by atoms with Gasteiger partial charge in [0, 0.05) is 5.02 Å². The molecular formula is C15H11ClF3NO4S. The highest BCUT2D eigenvalue weighted by atomic mass is 35.5. The van der Waals surface area contributed by atoms with E-state index in [4.69, 9.17) is 11.6 Å². The van der Waals surface area contributed by atoms with Crippen molar-refractivity contribution in [2.75, 3.05) is 11.8 Å². The van der Waals surface area contributed by atoms with Crippen molar-refractivity contribution in [3.8, 4) is 0 Å². The van der Waals surface area contributed by atoms with Crippen molar-refractivity contribution >= 4 is 33.3 Å². The van der Waals surface area contributed by atoms with Gasteiger partial charge in [-0.1, -0.05) is 17.7 Å². The molecule has 0 fully saturated rings. The second-order valence-corrected chi connectivity index (χ2v) is 6.93. The Kier molecular flexibility index (Phi) is 5.28. The molecule has 10 heteroatoms. The molecule has 0 saturated heterocycles. The maximum absolute atomic E-state index is 13.1. The topological polar surface area (TPSA) is 72.5 Å². The predicted octanol–water partition coefficient (Wildman–Crippen LogP) is 3.95. The highest BCUT2D eigenvalue weighted by Gasteiger charge is 2.35. The summed E-state index contributed by atoms with van der Waals surface area (Å²) < 4.78 is 70.3. The highest BCUT2D eigenvalue weighted by Crippen LogP contribution is 2.37. The minimum Gasteiger partial charge on any atom is -0.465 e. The molecule has 0 radical (unpaired) electrons. The number of rotatable bonds is 4. The van der Waals surface area contributed by atoms with Gasteiger partial charge in [-0.2, -0.15) is 13.2 Å². The molecular weight excluding hydrogens is 383 g/mol. The second kappa shape index (κ2) is 6.93. The first-order valence-corrected chi connectivity index (χ1v) is 8.48. The number of nitrogens with one attached hydrogen (secondary N) is 1. The number of hydrogen-bond acceptors (Lipinski definition) is 4. The average molecular weight is 394 g/mol. The zero-order chi connectivity index (χ0) is 18.8. The summed E-state index contributed by atoms with van der Waals surface area (Å²) in [5.41, 5.74) is -1.97. The Morgan fingerprint density at radius 1 is 1.16 bits per heavy atom. The van der Waals surface area contributed by atoms with E-state index in [2.05, 4.69) is 4.74 Å². The van der Waals surface area contributed by atoms with Crippen LogP contribution in [0.5, 0.6) is 0 Å². The molecule has 0 aromatic heterocycles. The average Bonchev–Trinajstić information content (AvgIpc) is 2.54. The van der Waals surface area contributed by atoms with Crippen molar-refractivity contribution in [1.82, 2.24) is 0 Å². The van der Waals surface area contributed by atoms with Gasteiger partial charge >= 0.3 is 12.1 Å². The second-order valence-electron chi connectivity index (χ2n) is 4.81. The molecule has 134 valence electrons. The number of carbonyl (C=O) groups excluding carboxylic acids is 1. The Labute approximate surface area is 146 Å². The molecule has 0 spiro atoms. The van der Waals surface area contributed by atoms with Crippen LogP contribution in [0.25, 0.3) is 0 Å². The maximum atomic E-state index is 13.1. The van der Waals surface area contributed by atoms with Crippen molar-refractivity contribution in [3.63, 3.8) is 0 Å². The van der Waals surface area contributed by atoms with Gasteiger partial charge in [-0.05, 0) is 36.4 Å². The lowest BCUT2D eigenvalue weighted by Crippen LogP contribution is -2.17. The molecule has 0 aliphatic heterocycles. The molecule has 0 amide bonds. The Morgan fingerprint density at radius 2 is 1.84 bits per heavy atom. The van der Waals surface area contributed by atoms with Crippen LogP contribution in [0.15, 0.2) is 47.4 Å². The van der Waals surface area contributed by atoms with E-state index in [0.29, 0.717) is 6.07 Å². The van der Waals surface area contributed by atoms with Crippen LogP contribution in [-0.4, -0.2) is 21.5 Å². The molecule has 5 nitrogen and oxygen atoms in total. The standard InChI is InChI=1S/C15H11ClF3NO4S/c1-24-14(21)9-3-2-4-11(7-9)25(22,23)20-13-6-5-10(16)8-12(13)15(17,18)19/h2-8,20H,1H3. The maximum Gasteiger partial charge on any atom is 0.418 e. The number of carbonyl (C=O) groups is 1. The quantitative estimate of drug-likeness (QED) is 0.798. The third-order valence-corrected chi connectivity index (χ3v) is 4.70. The number of benzene rings is 2. The number of halogens is 4. The van der Waals surface area contributed by atoms with Crippen LogP contribution in [0, 0.1) is 0 Å². The van der Waals surface area contributed by atoms with E-state index in [9.17, 15) is 26.4 Å².